The molecule has 28 heavy (non-hydrogen) atoms. The largest absolute Gasteiger partial charge is 0.379 e. The minimum absolute atomic E-state index is 0.0393. The van der Waals surface area contributed by atoms with Gasteiger partial charge in [0.05, 0.1) is 13.2 Å². The maximum atomic E-state index is 12.8. The Labute approximate surface area is 167 Å². The molecule has 3 fully saturated rings. The Balaban J connectivity index is 1.39. The van der Waals surface area contributed by atoms with Crippen LogP contribution in [-0.2, 0) is 9.53 Å². The van der Waals surface area contributed by atoms with Crippen LogP contribution in [0, 0.1) is 5.92 Å². The van der Waals surface area contributed by atoms with Gasteiger partial charge < -0.3 is 15.4 Å². The van der Waals surface area contributed by atoms with Gasteiger partial charge in [0, 0.05) is 41.8 Å². The minimum Gasteiger partial charge on any atom is -0.379 e. The van der Waals surface area contributed by atoms with Crippen molar-refractivity contribution in [2.24, 2.45) is 5.92 Å². The van der Waals surface area contributed by atoms with Gasteiger partial charge in [0.2, 0.25) is 5.91 Å². The Hall–Kier alpha value is -1.92. The molecule has 1 saturated heterocycles. The van der Waals surface area contributed by atoms with E-state index in [2.05, 4.69) is 22.5 Å². The van der Waals surface area contributed by atoms with Crippen LogP contribution in [0.2, 0.25) is 0 Å². The van der Waals surface area contributed by atoms with E-state index in [-0.39, 0.29) is 29.3 Å². The van der Waals surface area contributed by atoms with Crippen LogP contribution in [0.4, 0.5) is 5.69 Å². The molecule has 3 aliphatic rings. The molecule has 2 saturated carbocycles. The van der Waals surface area contributed by atoms with Crippen LogP contribution in [-0.4, -0.2) is 54.6 Å². The van der Waals surface area contributed by atoms with Crippen molar-refractivity contribution in [3.8, 4) is 0 Å². The number of hydrogen-bond donors (Lipinski definition) is 2. The number of amides is 2. The quantitative estimate of drug-likeness (QED) is 0.790. The highest BCUT2D eigenvalue weighted by Gasteiger charge is 2.45. The van der Waals surface area contributed by atoms with Crippen LogP contribution in [0.25, 0.3) is 0 Å². The zero-order chi connectivity index (χ0) is 19.6. The fourth-order valence-corrected chi connectivity index (χ4v) is 4.73. The first-order chi connectivity index (χ1) is 13.6. The predicted molar refractivity (Wildman–Crippen MR) is 108 cm³/mol. The van der Waals surface area contributed by atoms with Gasteiger partial charge in [-0.25, -0.2) is 0 Å². The van der Waals surface area contributed by atoms with Gasteiger partial charge in [-0.3, -0.25) is 14.5 Å². The maximum Gasteiger partial charge on any atom is 0.251 e. The lowest BCUT2D eigenvalue weighted by molar-refractivity contribution is -0.117. The lowest BCUT2D eigenvalue weighted by Crippen LogP contribution is -2.62. The molecule has 1 atom stereocenters. The lowest BCUT2D eigenvalue weighted by atomic mass is 9.86. The second-order valence-corrected chi connectivity index (χ2v) is 8.45. The van der Waals surface area contributed by atoms with E-state index in [1.807, 2.05) is 12.1 Å². The molecule has 0 spiro atoms. The van der Waals surface area contributed by atoms with Crippen molar-refractivity contribution in [3.63, 3.8) is 0 Å². The third-order valence-electron chi connectivity index (χ3n) is 6.63. The van der Waals surface area contributed by atoms with Gasteiger partial charge >= 0.3 is 0 Å². The molecule has 2 N–H and O–H groups in total. The first-order valence-corrected chi connectivity index (χ1v) is 10.6. The molecule has 0 radical (unpaired) electrons. The summed E-state index contributed by atoms with van der Waals surface area (Å²) in [5.41, 5.74) is 1.42. The summed E-state index contributed by atoms with van der Waals surface area (Å²) in [5.74, 6) is 0.207. The number of nitrogens with zero attached hydrogens (tertiary/aromatic N) is 1. The highest BCUT2D eigenvalue weighted by molar-refractivity contribution is 5.97. The van der Waals surface area contributed by atoms with Crippen molar-refractivity contribution in [3.05, 3.63) is 29.8 Å². The molecule has 4 rings (SSSR count). The fourth-order valence-electron chi connectivity index (χ4n) is 4.73. The van der Waals surface area contributed by atoms with Gasteiger partial charge in [-0.1, -0.05) is 12.8 Å². The van der Waals surface area contributed by atoms with E-state index in [4.69, 9.17) is 4.74 Å². The number of rotatable bonds is 6. The minimum atomic E-state index is -0.0490. The Morgan fingerprint density at radius 1 is 1.11 bits per heavy atom. The summed E-state index contributed by atoms with van der Waals surface area (Å²) in [4.78, 5) is 27.2. The zero-order valence-electron chi connectivity index (χ0n) is 16.7. The van der Waals surface area contributed by atoms with E-state index in [1.165, 1.54) is 12.8 Å². The topological polar surface area (TPSA) is 70.7 Å². The zero-order valence-corrected chi connectivity index (χ0v) is 16.7. The molecule has 0 unspecified atom stereocenters. The van der Waals surface area contributed by atoms with Gasteiger partial charge in [-0.05, 0) is 56.9 Å². The molecule has 1 heterocycles. The van der Waals surface area contributed by atoms with E-state index < -0.39 is 0 Å². The Kier molecular flexibility index (Phi) is 5.69. The summed E-state index contributed by atoms with van der Waals surface area (Å²) in [6.45, 7) is 5.57. The number of carbonyl (C=O) groups is 2. The van der Waals surface area contributed by atoms with Gasteiger partial charge in [-0.15, -0.1) is 0 Å². The van der Waals surface area contributed by atoms with Gasteiger partial charge in [-0.2, -0.15) is 0 Å². The number of morpholine rings is 1. The Morgan fingerprint density at radius 3 is 2.36 bits per heavy atom. The number of anilines is 1. The SMILES string of the molecule is C[C@H](NC(=O)c1ccc(NC(=O)C2CC2)cc1)C1(N2CCOCC2)CCCC1. The van der Waals surface area contributed by atoms with E-state index in [9.17, 15) is 9.59 Å². The average Bonchev–Trinajstić information content (AvgIpc) is 3.46. The number of hydrogen-bond acceptors (Lipinski definition) is 4. The van der Waals surface area contributed by atoms with Crippen molar-refractivity contribution in [2.75, 3.05) is 31.6 Å². The molecule has 0 aromatic heterocycles. The van der Waals surface area contributed by atoms with Crippen molar-refractivity contribution in [2.45, 2.75) is 57.0 Å². The molecular weight excluding hydrogens is 354 g/mol. The molecule has 0 bridgehead atoms. The first kappa shape index (κ1) is 19.4. The van der Waals surface area contributed by atoms with E-state index in [0.717, 1.165) is 57.7 Å². The van der Waals surface area contributed by atoms with E-state index in [1.54, 1.807) is 12.1 Å². The van der Waals surface area contributed by atoms with Crippen LogP contribution < -0.4 is 10.6 Å². The molecule has 2 aliphatic carbocycles. The molecule has 2 amide bonds. The molecule has 6 nitrogen and oxygen atoms in total. The molecule has 1 aliphatic heterocycles. The summed E-state index contributed by atoms with van der Waals surface area (Å²) in [5, 5.41) is 6.17. The van der Waals surface area contributed by atoms with Crippen LogP contribution in [0.1, 0.15) is 55.8 Å². The number of nitrogens with one attached hydrogen (secondary N) is 2. The summed E-state index contributed by atoms with van der Waals surface area (Å²) in [7, 11) is 0. The first-order valence-electron chi connectivity index (χ1n) is 10.6. The normalized spacial score (nSPS) is 23.2. The van der Waals surface area contributed by atoms with E-state index >= 15 is 0 Å². The summed E-state index contributed by atoms with van der Waals surface area (Å²) < 4.78 is 5.53. The van der Waals surface area contributed by atoms with Gasteiger partial charge in [0.25, 0.3) is 5.91 Å². The van der Waals surface area contributed by atoms with Crippen LogP contribution in [0.5, 0.6) is 0 Å². The highest BCUT2D eigenvalue weighted by Crippen LogP contribution is 2.38. The maximum absolute atomic E-state index is 12.8. The lowest BCUT2D eigenvalue weighted by Gasteiger charge is -2.47. The van der Waals surface area contributed by atoms with E-state index in [0.29, 0.717) is 5.56 Å². The smallest absolute Gasteiger partial charge is 0.251 e. The van der Waals surface area contributed by atoms with Crippen molar-refractivity contribution < 1.29 is 14.3 Å². The average molecular weight is 386 g/mol. The second kappa shape index (κ2) is 8.21. The standard InChI is InChI=1S/C22H31N3O3/c1-16(22(10-2-3-11-22)25-12-14-28-15-13-25)23-20(26)18-6-8-19(9-7-18)24-21(27)17-4-5-17/h6-9,16-17H,2-5,10-15H2,1H3,(H,23,26)(H,24,27)/t16-/m0/s1. The highest BCUT2D eigenvalue weighted by atomic mass is 16.5. The summed E-state index contributed by atoms with van der Waals surface area (Å²) >= 11 is 0. The monoisotopic (exact) mass is 385 g/mol. The molecule has 152 valence electrons. The fraction of sp³-hybridized carbons (Fsp3) is 0.636. The van der Waals surface area contributed by atoms with Crippen molar-refractivity contribution >= 4 is 17.5 Å². The van der Waals surface area contributed by atoms with Crippen LogP contribution >= 0.6 is 0 Å². The van der Waals surface area contributed by atoms with Crippen molar-refractivity contribution in [1.29, 1.82) is 0 Å². The number of carbonyl (C=O) groups excluding carboxylic acids is 2. The molecular formula is C22H31N3O3. The number of ether oxygens (including phenoxy) is 1. The Morgan fingerprint density at radius 2 is 1.75 bits per heavy atom. The third kappa shape index (κ3) is 4.08. The van der Waals surface area contributed by atoms with Crippen LogP contribution in [0.15, 0.2) is 24.3 Å². The molecule has 1 aromatic carbocycles. The summed E-state index contributed by atoms with van der Waals surface area (Å²) in [6.07, 6.45) is 6.64. The predicted octanol–water partition coefficient (Wildman–Crippen LogP) is 2.80. The van der Waals surface area contributed by atoms with Crippen LogP contribution in [0.3, 0.4) is 0 Å². The third-order valence-corrected chi connectivity index (χ3v) is 6.63. The summed E-state index contributed by atoms with van der Waals surface area (Å²) in [6, 6.07) is 7.29. The van der Waals surface area contributed by atoms with Gasteiger partial charge in [0.1, 0.15) is 0 Å². The van der Waals surface area contributed by atoms with Crippen molar-refractivity contribution in [1.82, 2.24) is 10.2 Å². The second-order valence-electron chi connectivity index (χ2n) is 8.45. The number of benzene rings is 1. The molecule has 1 aromatic rings. The Bertz CT molecular complexity index is 702. The molecule has 6 heteroatoms. The van der Waals surface area contributed by atoms with Gasteiger partial charge in [0.15, 0.2) is 0 Å².